The van der Waals surface area contributed by atoms with Crippen molar-refractivity contribution in [2.75, 3.05) is 11.4 Å². The monoisotopic (exact) mass is 272 g/mol. The molecular formula is C16H20N2O2. The molecule has 4 nitrogen and oxygen atoms in total. The molecule has 106 valence electrons. The molecule has 1 unspecified atom stereocenters. The molecule has 20 heavy (non-hydrogen) atoms. The molecule has 4 heteroatoms. The number of imide groups is 1. The van der Waals surface area contributed by atoms with Crippen molar-refractivity contribution < 1.29 is 9.59 Å². The number of hydrogen-bond donors (Lipinski definition) is 1. The lowest BCUT2D eigenvalue weighted by molar-refractivity contribution is -0.121. The Morgan fingerprint density at radius 2 is 2.20 bits per heavy atom. The molecular weight excluding hydrogens is 252 g/mol. The van der Waals surface area contributed by atoms with Crippen molar-refractivity contribution in [3.05, 3.63) is 42.0 Å². The third-order valence-corrected chi connectivity index (χ3v) is 3.58. The minimum absolute atomic E-state index is 0.138. The van der Waals surface area contributed by atoms with Gasteiger partial charge in [0.15, 0.2) is 0 Å². The second-order valence-corrected chi connectivity index (χ2v) is 4.96. The minimum Gasteiger partial charge on any atom is -0.302 e. The van der Waals surface area contributed by atoms with Crippen LogP contribution in [0.1, 0.15) is 24.5 Å². The standard InChI is InChI=1S/C16H20N2O2/c1-4-9-17-13-10-14(19)18(16(13)20)15-11(3)7-6-8-12(15)5-2/h4,6-8,13,17H,1,5,9-10H2,2-3H3. The number of rotatable bonds is 5. The maximum Gasteiger partial charge on any atom is 0.251 e. The first-order valence-electron chi connectivity index (χ1n) is 6.89. The molecule has 1 aliphatic heterocycles. The first-order chi connectivity index (χ1) is 9.60. The lowest BCUT2D eigenvalue weighted by Gasteiger charge is -2.21. The van der Waals surface area contributed by atoms with E-state index in [4.69, 9.17) is 0 Å². The topological polar surface area (TPSA) is 49.4 Å². The molecule has 2 amide bonds. The molecule has 1 aliphatic rings. The number of nitrogens with one attached hydrogen (secondary N) is 1. The summed E-state index contributed by atoms with van der Waals surface area (Å²) in [5.74, 6) is -0.304. The van der Waals surface area contributed by atoms with Crippen LogP contribution in [0, 0.1) is 6.92 Å². The molecule has 0 spiro atoms. The van der Waals surface area contributed by atoms with Crippen LogP contribution in [0.25, 0.3) is 0 Å². The first-order valence-corrected chi connectivity index (χ1v) is 6.89. The molecule has 0 radical (unpaired) electrons. The molecule has 1 aromatic rings. The molecule has 1 N–H and O–H groups in total. The van der Waals surface area contributed by atoms with Crippen LogP contribution in [0.15, 0.2) is 30.9 Å². The van der Waals surface area contributed by atoms with Gasteiger partial charge in [-0.25, -0.2) is 4.90 Å². The third kappa shape index (κ3) is 2.51. The third-order valence-electron chi connectivity index (χ3n) is 3.58. The predicted octanol–water partition coefficient (Wildman–Crippen LogP) is 1.96. The highest BCUT2D eigenvalue weighted by atomic mass is 16.2. The average molecular weight is 272 g/mol. The van der Waals surface area contributed by atoms with Crippen molar-refractivity contribution in [2.24, 2.45) is 0 Å². The normalized spacial score (nSPS) is 18.7. The Morgan fingerprint density at radius 3 is 2.85 bits per heavy atom. The summed E-state index contributed by atoms with van der Waals surface area (Å²) in [6.45, 7) is 8.09. The number of para-hydroxylation sites is 1. The van der Waals surface area contributed by atoms with Gasteiger partial charge in [0.1, 0.15) is 0 Å². The summed E-state index contributed by atoms with van der Waals surface area (Å²) in [4.78, 5) is 26.0. The molecule has 1 saturated heterocycles. The van der Waals surface area contributed by atoms with Crippen molar-refractivity contribution in [1.29, 1.82) is 0 Å². The van der Waals surface area contributed by atoms with E-state index >= 15 is 0 Å². The van der Waals surface area contributed by atoms with Gasteiger partial charge in [-0.3, -0.25) is 9.59 Å². The van der Waals surface area contributed by atoms with Gasteiger partial charge in [-0.1, -0.05) is 31.2 Å². The van der Waals surface area contributed by atoms with Crippen molar-refractivity contribution >= 4 is 17.5 Å². The predicted molar refractivity (Wildman–Crippen MR) is 79.7 cm³/mol. The molecule has 1 fully saturated rings. The molecule has 0 saturated carbocycles. The van der Waals surface area contributed by atoms with Gasteiger partial charge in [0, 0.05) is 6.54 Å². The highest BCUT2D eigenvalue weighted by Crippen LogP contribution is 2.30. The van der Waals surface area contributed by atoms with Gasteiger partial charge in [-0.15, -0.1) is 6.58 Å². The zero-order valence-electron chi connectivity index (χ0n) is 12.0. The van der Waals surface area contributed by atoms with Gasteiger partial charge in [-0.2, -0.15) is 0 Å². The van der Waals surface area contributed by atoms with Gasteiger partial charge in [0.2, 0.25) is 5.91 Å². The van der Waals surface area contributed by atoms with E-state index in [9.17, 15) is 9.59 Å². The maximum atomic E-state index is 12.5. The lowest BCUT2D eigenvalue weighted by atomic mass is 10.0. The van der Waals surface area contributed by atoms with Crippen LogP contribution in [0.2, 0.25) is 0 Å². The fourth-order valence-corrected chi connectivity index (χ4v) is 2.58. The zero-order valence-corrected chi connectivity index (χ0v) is 12.0. The summed E-state index contributed by atoms with van der Waals surface area (Å²) in [7, 11) is 0. The van der Waals surface area contributed by atoms with E-state index in [1.807, 2.05) is 32.0 Å². The van der Waals surface area contributed by atoms with Crippen molar-refractivity contribution in [1.82, 2.24) is 5.32 Å². The molecule has 1 atom stereocenters. The molecule has 2 rings (SSSR count). The van der Waals surface area contributed by atoms with Crippen LogP contribution in [-0.2, 0) is 16.0 Å². The minimum atomic E-state index is -0.440. The Kier molecular flexibility index (Phi) is 4.35. The smallest absolute Gasteiger partial charge is 0.251 e. The fourth-order valence-electron chi connectivity index (χ4n) is 2.58. The lowest BCUT2D eigenvalue weighted by Crippen LogP contribution is -2.39. The Balaban J connectivity index is 2.36. The maximum absolute atomic E-state index is 12.5. The SMILES string of the molecule is C=CCNC1CC(=O)N(c2c(C)cccc2CC)C1=O. The fraction of sp³-hybridized carbons (Fsp3) is 0.375. The summed E-state index contributed by atoms with van der Waals surface area (Å²) < 4.78 is 0. The summed E-state index contributed by atoms with van der Waals surface area (Å²) in [5.41, 5.74) is 2.74. The Bertz CT molecular complexity index is 551. The number of carbonyl (C=O) groups is 2. The largest absolute Gasteiger partial charge is 0.302 e. The number of carbonyl (C=O) groups excluding carboxylic acids is 2. The quantitative estimate of drug-likeness (QED) is 0.658. The second-order valence-electron chi connectivity index (χ2n) is 4.96. The van der Waals surface area contributed by atoms with E-state index < -0.39 is 6.04 Å². The Morgan fingerprint density at radius 1 is 1.45 bits per heavy atom. The van der Waals surface area contributed by atoms with Gasteiger partial charge in [0.05, 0.1) is 18.2 Å². The van der Waals surface area contributed by atoms with Crippen LogP contribution in [0.5, 0.6) is 0 Å². The van der Waals surface area contributed by atoms with Crippen molar-refractivity contribution in [3.8, 4) is 0 Å². The van der Waals surface area contributed by atoms with Gasteiger partial charge >= 0.3 is 0 Å². The summed E-state index contributed by atoms with van der Waals surface area (Å²) >= 11 is 0. The van der Waals surface area contributed by atoms with E-state index in [-0.39, 0.29) is 18.2 Å². The van der Waals surface area contributed by atoms with E-state index in [0.717, 1.165) is 23.2 Å². The van der Waals surface area contributed by atoms with Crippen LogP contribution in [-0.4, -0.2) is 24.4 Å². The first kappa shape index (κ1) is 14.5. The van der Waals surface area contributed by atoms with Gasteiger partial charge in [0.25, 0.3) is 5.91 Å². The van der Waals surface area contributed by atoms with Crippen LogP contribution in [0.4, 0.5) is 5.69 Å². The van der Waals surface area contributed by atoms with Crippen molar-refractivity contribution in [2.45, 2.75) is 32.7 Å². The zero-order chi connectivity index (χ0) is 14.7. The van der Waals surface area contributed by atoms with Crippen LogP contribution >= 0.6 is 0 Å². The number of amides is 2. The molecule has 1 heterocycles. The summed E-state index contributed by atoms with van der Waals surface area (Å²) in [5, 5.41) is 3.04. The van der Waals surface area contributed by atoms with Gasteiger partial charge < -0.3 is 5.32 Å². The molecule has 1 aromatic carbocycles. The Labute approximate surface area is 119 Å². The number of anilines is 1. The molecule has 0 aliphatic carbocycles. The summed E-state index contributed by atoms with van der Waals surface area (Å²) in [6.07, 6.45) is 2.69. The highest BCUT2D eigenvalue weighted by Gasteiger charge is 2.40. The number of nitrogens with zero attached hydrogens (tertiary/aromatic N) is 1. The van der Waals surface area contributed by atoms with Crippen molar-refractivity contribution in [3.63, 3.8) is 0 Å². The van der Waals surface area contributed by atoms with E-state index in [2.05, 4.69) is 11.9 Å². The second kappa shape index (κ2) is 6.01. The van der Waals surface area contributed by atoms with Crippen LogP contribution < -0.4 is 10.2 Å². The number of benzene rings is 1. The molecule has 0 bridgehead atoms. The molecule has 0 aromatic heterocycles. The summed E-state index contributed by atoms with van der Waals surface area (Å²) in [6, 6.07) is 5.41. The van der Waals surface area contributed by atoms with E-state index in [0.29, 0.717) is 6.54 Å². The Hall–Kier alpha value is -1.94. The van der Waals surface area contributed by atoms with E-state index in [1.54, 1.807) is 6.08 Å². The number of aryl methyl sites for hydroxylation is 2. The number of hydrogen-bond acceptors (Lipinski definition) is 3. The van der Waals surface area contributed by atoms with Crippen LogP contribution in [0.3, 0.4) is 0 Å². The highest BCUT2D eigenvalue weighted by molar-refractivity contribution is 6.23. The average Bonchev–Trinajstić information content (AvgIpc) is 2.71. The van der Waals surface area contributed by atoms with E-state index in [1.165, 1.54) is 4.90 Å². The van der Waals surface area contributed by atoms with Gasteiger partial charge in [-0.05, 0) is 24.5 Å².